The van der Waals surface area contributed by atoms with Crippen molar-refractivity contribution in [1.29, 1.82) is 0 Å². The first kappa shape index (κ1) is 12.5. The Hall–Kier alpha value is -0.600. The molecule has 0 radical (unpaired) electrons. The molecule has 0 fully saturated rings. The molecule has 1 N–H and O–H groups in total. The van der Waals surface area contributed by atoms with E-state index in [4.69, 9.17) is 4.74 Å². The molecule has 2 atom stereocenters. The van der Waals surface area contributed by atoms with Crippen LogP contribution in [0.2, 0.25) is 0 Å². The van der Waals surface area contributed by atoms with E-state index in [0.29, 0.717) is 5.92 Å². The fourth-order valence-electron chi connectivity index (χ4n) is 2.43. The molecule has 15 heavy (non-hydrogen) atoms. The average Bonchev–Trinajstić information content (AvgIpc) is 2.49. The summed E-state index contributed by atoms with van der Waals surface area (Å²) in [6.07, 6.45) is 5.36. The third-order valence-electron chi connectivity index (χ3n) is 3.60. The SMILES string of the molecule is C=CC(O)C1=CC[C@@H](CCOC)C1(C)C. The molecule has 0 amide bonds. The summed E-state index contributed by atoms with van der Waals surface area (Å²) in [6, 6.07) is 0. The second-order valence-corrected chi connectivity index (χ2v) is 4.78. The highest BCUT2D eigenvalue weighted by Crippen LogP contribution is 2.46. The molecule has 0 aromatic rings. The molecule has 1 aliphatic carbocycles. The zero-order valence-corrected chi connectivity index (χ0v) is 9.99. The minimum atomic E-state index is -0.493. The highest BCUT2D eigenvalue weighted by molar-refractivity contribution is 5.27. The monoisotopic (exact) mass is 210 g/mol. The summed E-state index contributed by atoms with van der Waals surface area (Å²) < 4.78 is 5.11. The van der Waals surface area contributed by atoms with Gasteiger partial charge in [-0.2, -0.15) is 0 Å². The molecule has 86 valence electrons. The Balaban J connectivity index is 2.68. The quantitative estimate of drug-likeness (QED) is 0.707. The third-order valence-corrected chi connectivity index (χ3v) is 3.60. The van der Waals surface area contributed by atoms with Crippen LogP contribution in [0.15, 0.2) is 24.3 Å². The van der Waals surface area contributed by atoms with Gasteiger partial charge in [-0.25, -0.2) is 0 Å². The summed E-state index contributed by atoms with van der Waals surface area (Å²) >= 11 is 0. The first-order valence-electron chi connectivity index (χ1n) is 5.54. The van der Waals surface area contributed by atoms with Crippen LogP contribution in [-0.2, 0) is 4.74 Å². The molecule has 0 saturated carbocycles. The third kappa shape index (κ3) is 2.50. The van der Waals surface area contributed by atoms with Crippen molar-refractivity contribution in [3.63, 3.8) is 0 Å². The Labute approximate surface area is 92.6 Å². The molecule has 1 rings (SSSR count). The Kier molecular flexibility index (Phi) is 4.12. The van der Waals surface area contributed by atoms with Crippen molar-refractivity contribution < 1.29 is 9.84 Å². The van der Waals surface area contributed by atoms with Gasteiger partial charge in [0.2, 0.25) is 0 Å². The zero-order valence-electron chi connectivity index (χ0n) is 9.99. The lowest BCUT2D eigenvalue weighted by Crippen LogP contribution is -2.27. The van der Waals surface area contributed by atoms with E-state index in [1.54, 1.807) is 13.2 Å². The molecule has 2 nitrogen and oxygen atoms in total. The van der Waals surface area contributed by atoms with Crippen molar-refractivity contribution in [1.82, 2.24) is 0 Å². The molecule has 1 aliphatic rings. The van der Waals surface area contributed by atoms with E-state index in [2.05, 4.69) is 26.5 Å². The lowest BCUT2D eigenvalue weighted by molar-refractivity contribution is 0.140. The van der Waals surface area contributed by atoms with E-state index in [1.807, 2.05) is 0 Å². The first-order chi connectivity index (χ1) is 7.04. The summed E-state index contributed by atoms with van der Waals surface area (Å²) in [4.78, 5) is 0. The van der Waals surface area contributed by atoms with Gasteiger partial charge in [-0.05, 0) is 29.7 Å². The summed E-state index contributed by atoms with van der Waals surface area (Å²) in [5, 5.41) is 9.82. The Morgan fingerprint density at radius 2 is 2.40 bits per heavy atom. The van der Waals surface area contributed by atoms with Crippen LogP contribution < -0.4 is 0 Å². The molecule has 0 spiro atoms. The number of aliphatic hydroxyl groups excluding tert-OH is 1. The van der Waals surface area contributed by atoms with Crippen molar-refractivity contribution >= 4 is 0 Å². The lowest BCUT2D eigenvalue weighted by Gasteiger charge is -2.32. The second-order valence-electron chi connectivity index (χ2n) is 4.78. The van der Waals surface area contributed by atoms with Crippen LogP contribution in [0.4, 0.5) is 0 Å². The molecule has 0 aromatic heterocycles. The minimum Gasteiger partial charge on any atom is -0.385 e. The molecule has 0 aromatic carbocycles. The van der Waals surface area contributed by atoms with E-state index >= 15 is 0 Å². The lowest BCUT2D eigenvalue weighted by atomic mass is 9.74. The van der Waals surface area contributed by atoms with Crippen molar-refractivity contribution in [2.24, 2.45) is 11.3 Å². The molecule has 1 unspecified atom stereocenters. The van der Waals surface area contributed by atoms with Gasteiger partial charge in [-0.1, -0.05) is 26.0 Å². The summed E-state index contributed by atoms with van der Waals surface area (Å²) in [6.45, 7) is 8.82. The van der Waals surface area contributed by atoms with Gasteiger partial charge in [-0.15, -0.1) is 6.58 Å². The number of aliphatic hydroxyl groups is 1. The maximum absolute atomic E-state index is 9.82. The van der Waals surface area contributed by atoms with Gasteiger partial charge in [0.15, 0.2) is 0 Å². The molecule has 0 aliphatic heterocycles. The van der Waals surface area contributed by atoms with Gasteiger partial charge in [0.1, 0.15) is 0 Å². The van der Waals surface area contributed by atoms with Gasteiger partial charge < -0.3 is 9.84 Å². The summed E-state index contributed by atoms with van der Waals surface area (Å²) in [5.74, 6) is 0.571. The Morgan fingerprint density at radius 3 is 2.93 bits per heavy atom. The smallest absolute Gasteiger partial charge is 0.0934 e. The van der Waals surface area contributed by atoms with Crippen LogP contribution in [0, 0.1) is 11.3 Å². The topological polar surface area (TPSA) is 29.5 Å². The van der Waals surface area contributed by atoms with E-state index in [0.717, 1.165) is 25.0 Å². The number of methoxy groups -OCH3 is 1. The molecule has 0 saturated heterocycles. The number of ether oxygens (including phenoxy) is 1. The van der Waals surface area contributed by atoms with Gasteiger partial charge in [0.05, 0.1) is 6.10 Å². The highest BCUT2D eigenvalue weighted by Gasteiger charge is 2.38. The fraction of sp³-hybridized carbons (Fsp3) is 0.692. The number of allylic oxidation sites excluding steroid dienone is 1. The van der Waals surface area contributed by atoms with Crippen LogP contribution in [0.25, 0.3) is 0 Å². The zero-order chi connectivity index (χ0) is 11.5. The average molecular weight is 210 g/mol. The molecule has 0 bridgehead atoms. The van der Waals surface area contributed by atoms with Crippen molar-refractivity contribution in [2.45, 2.75) is 32.8 Å². The Morgan fingerprint density at radius 1 is 1.73 bits per heavy atom. The van der Waals surface area contributed by atoms with E-state index in [1.165, 1.54) is 0 Å². The van der Waals surface area contributed by atoms with Crippen molar-refractivity contribution in [3.05, 3.63) is 24.3 Å². The fourth-order valence-corrected chi connectivity index (χ4v) is 2.43. The molecule has 0 heterocycles. The highest BCUT2D eigenvalue weighted by atomic mass is 16.5. The van der Waals surface area contributed by atoms with Gasteiger partial charge in [-0.3, -0.25) is 0 Å². The maximum Gasteiger partial charge on any atom is 0.0934 e. The van der Waals surface area contributed by atoms with Gasteiger partial charge in [0, 0.05) is 13.7 Å². The van der Waals surface area contributed by atoms with Gasteiger partial charge >= 0.3 is 0 Å². The second kappa shape index (κ2) is 4.95. The number of hydrogen-bond donors (Lipinski definition) is 1. The van der Waals surface area contributed by atoms with Gasteiger partial charge in [0.25, 0.3) is 0 Å². The molecule has 2 heteroatoms. The number of hydrogen-bond acceptors (Lipinski definition) is 2. The Bertz CT molecular complexity index is 253. The first-order valence-corrected chi connectivity index (χ1v) is 5.54. The van der Waals surface area contributed by atoms with Crippen LogP contribution in [-0.4, -0.2) is 24.9 Å². The standard InChI is InChI=1S/C13H22O2/c1-5-12(14)11-7-6-10(8-9-15-4)13(11,2)3/h5,7,10,12,14H,1,6,8-9H2,2-4H3/t10-,12?/m0/s1. The molecular weight excluding hydrogens is 188 g/mol. The minimum absolute atomic E-state index is 0.0616. The van der Waals surface area contributed by atoms with Crippen LogP contribution in [0.5, 0.6) is 0 Å². The van der Waals surface area contributed by atoms with E-state index in [9.17, 15) is 5.11 Å². The molecular formula is C13H22O2. The van der Waals surface area contributed by atoms with E-state index < -0.39 is 6.10 Å². The van der Waals surface area contributed by atoms with Crippen molar-refractivity contribution in [2.75, 3.05) is 13.7 Å². The predicted octanol–water partition coefficient (Wildman–Crippen LogP) is 2.54. The summed E-state index contributed by atoms with van der Waals surface area (Å²) in [7, 11) is 1.73. The normalized spacial score (nSPS) is 26.1. The predicted molar refractivity (Wildman–Crippen MR) is 62.7 cm³/mol. The van der Waals surface area contributed by atoms with Crippen molar-refractivity contribution in [3.8, 4) is 0 Å². The van der Waals surface area contributed by atoms with Crippen LogP contribution >= 0.6 is 0 Å². The number of rotatable bonds is 5. The largest absolute Gasteiger partial charge is 0.385 e. The maximum atomic E-state index is 9.82. The van der Waals surface area contributed by atoms with Crippen LogP contribution in [0.1, 0.15) is 26.7 Å². The van der Waals surface area contributed by atoms with Crippen LogP contribution in [0.3, 0.4) is 0 Å². The van der Waals surface area contributed by atoms with E-state index in [-0.39, 0.29) is 5.41 Å². The summed E-state index contributed by atoms with van der Waals surface area (Å²) in [5.41, 5.74) is 1.17.